The van der Waals surface area contributed by atoms with Gasteiger partial charge in [0.05, 0.1) is 0 Å². The number of fused-ring (bicyclic) bond motifs is 1. The summed E-state index contributed by atoms with van der Waals surface area (Å²) in [5.74, 6) is 0.433. The maximum absolute atomic E-state index is 12.6. The second-order valence-corrected chi connectivity index (χ2v) is 2.27. The minimum absolute atomic E-state index is 0.263. The van der Waals surface area contributed by atoms with Gasteiger partial charge in [-0.1, -0.05) is 0 Å². The molecule has 0 unspecified atom stereocenters. The van der Waals surface area contributed by atoms with Crippen LogP contribution in [0.5, 0.6) is 5.75 Å². The summed E-state index contributed by atoms with van der Waals surface area (Å²) >= 11 is 0. The van der Waals surface area contributed by atoms with E-state index in [2.05, 4.69) is 4.99 Å². The fraction of sp³-hybridized carbons (Fsp3) is 0.125. The molecule has 0 atom stereocenters. The molecule has 0 amide bonds. The van der Waals surface area contributed by atoms with Crippen LogP contribution >= 0.6 is 0 Å². The van der Waals surface area contributed by atoms with Gasteiger partial charge in [0.15, 0.2) is 6.73 Å². The Morgan fingerprint density at radius 1 is 1.45 bits per heavy atom. The number of nitrogens with zero attached hydrogens (tertiary/aromatic N) is 1. The zero-order chi connectivity index (χ0) is 7.68. The third kappa shape index (κ3) is 1.09. The van der Waals surface area contributed by atoms with E-state index in [1.54, 1.807) is 12.3 Å². The molecule has 1 aromatic rings. The molecular formula is C8H6FNO. The molecule has 1 aliphatic rings. The molecule has 0 radical (unpaired) electrons. The molecule has 0 saturated heterocycles. The standard InChI is InChI=1S/C8H6FNO/c9-7-1-2-8-6(3-7)4-10-5-11-8/h1-4H,5H2. The van der Waals surface area contributed by atoms with Gasteiger partial charge in [-0.25, -0.2) is 4.39 Å². The number of aliphatic imine (C=N–C) groups is 1. The predicted octanol–water partition coefficient (Wildman–Crippen LogP) is 1.59. The van der Waals surface area contributed by atoms with Gasteiger partial charge < -0.3 is 4.74 Å². The van der Waals surface area contributed by atoms with Crippen LogP contribution in [-0.2, 0) is 0 Å². The van der Waals surface area contributed by atoms with Crippen molar-refractivity contribution in [2.24, 2.45) is 4.99 Å². The Labute approximate surface area is 63.3 Å². The van der Waals surface area contributed by atoms with Crippen LogP contribution in [0.3, 0.4) is 0 Å². The summed E-state index contributed by atoms with van der Waals surface area (Å²) in [4.78, 5) is 3.85. The summed E-state index contributed by atoms with van der Waals surface area (Å²) in [5.41, 5.74) is 0.705. The van der Waals surface area contributed by atoms with Crippen molar-refractivity contribution in [1.82, 2.24) is 0 Å². The van der Waals surface area contributed by atoms with Crippen LogP contribution in [0.2, 0.25) is 0 Å². The Bertz CT molecular complexity index is 309. The Kier molecular flexibility index (Phi) is 1.35. The average molecular weight is 151 g/mol. The van der Waals surface area contributed by atoms with Crippen molar-refractivity contribution in [3.05, 3.63) is 29.6 Å². The number of hydrogen-bond donors (Lipinski definition) is 0. The topological polar surface area (TPSA) is 21.6 Å². The lowest BCUT2D eigenvalue weighted by atomic mass is 10.2. The molecule has 0 spiro atoms. The average Bonchev–Trinajstić information content (AvgIpc) is 2.04. The van der Waals surface area contributed by atoms with Crippen molar-refractivity contribution in [3.8, 4) is 5.75 Å². The molecule has 56 valence electrons. The van der Waals surface area contributed by atoms with Crippen LogP contribution in [0.4, 0.5) is 4.39 Å². The molecule has 0 bridgehead atoms. The van der Waals surface area contributed by atoms with Gasteiger partial charge in [0, 0.05) is 11.8 Å². The van der Waals surface area contributed by atoms with E-state index in [0.29, 0.717) is 18.0 Å². The van der Waals surface area contributed by atoms with Crippen molar-refractivity contribution in [3.63, 3.8) is 0 Å². The van der Waals surface area contributed by atoms with Gasteiger partial charge in [-0.15, -0.1) is 0 Å². The summed E-state index contributed by atoms with van der Waals surface area (Å²) in [6.07, 6.45) is 1.61. The number of benzene rings is 1. The third-order valence-corrected chi connectivity index (χ3v) is 1.50. The maximum atomic E-state index is 12.6. The molecule has 0 N–H and O–H groups in total. The smallest absolute Gasteiger partial charge is 0.179 e. The van der Waals surface area contributed by atoms with E-state index < -0.39 is 0 Å². The summed E-state index contributed by atoms with van der Waals surface area (Å²) in [6, 6.07) is 4.38. The van der Waals surface area contributed by atoms with Crippen molar-refractivity contribution < 1.29 is 9.13 Å². The van der Waals surface area contributed by atoms with Crippen LogP contribution in [0.15, 0.2) is 23.2 Å². The van der Waals surface area contributed by atoms with Crippen LogP contribution in [0.1, 0.15) is 5.56 Å². The Balaban J connectivity index is 2.54. The van der Waals surface area contributed by atoms with E-state index in [0.717, 1.165) is 0 Å². The van der Waals surface area contributed by atoms with Crippen LogP contribution in [0.25, 0.3) is 0 Å². The van der Waals surface area contributed by atoms with Crippen molar-refractivity contribution in [2.75, 3.05) is 6.73 Å². The lowest BCUT2D eigenvalue weighted by Crippen LogP contribution is -2.03. The second-order valence-electron chi connectivity index (χ2n) is 2.27. The molecule has 0 fully saturated rings. The van der Waals surface area contributed by atoms with Gasteiger partial charge in [-0.05, 0) is 18.2 Å². The molecule has 1 aliphatic heterocycles. The first kappa shape index (κ1) is 6.34. The second kappa shape index (κ2) is 2.34. The van der Waals surface area contributed by atoms with Crippen molar-refractivity contribution in [2.45, 2.75) is 0 Å². The monoisotopic (exact) mass is 151 g/mol. The number of halogens is 1. The number of rotatable bonds is 0. The molecule has 1 heterocycles. The summed E-state index contributed by atoms with van der Waals surface area (Å²) < 4.78 is 17.7. The maximum Gasteiger partial charge on any atom is 0.179 e. The number of hydrogen-bond acceptors (Lipinski definition) is 2. The largest absolute Gasteiger partial charge is 0.471 e. The molecule has 0 aliphatic carbocycles. The first-order valence-corrected chi connectivity index (χ1v) is 3.28. The van der Waals surface area contributed by atoms with Gasteiger partial charge in [0.1, 0.15) is 11.6 Å². The third-order valence-electron chi connectivity index (χ3n) is 1.50. The lowest BCUT2D eigenvalue weighted by molar-refractivity contribution is 0.325. The first-order chi connectivity index (χ1) is 5.36. The predicted molar refractivity (Wildman–Crippen MR) is 39.5 cm³/mol. The van der Waals surface area contributed by atoms with Crippen molar-refractivity contribution >= 4 is 6.21 Å². The zero-order valence-corrected chi connectivity index (χ0v) is 5.75. The van der Waals surface area contributed by atoms with E-state index in [-0.39, 0.29) is 5.82 Å². The fourth-order valence-corrected chi connectivity index (χ4v) is 0.994. The highest BCUT2D eigenvalue weighted by Crippen LogP contribution is 2.19. The normalized spacial score (nSPS) is 13.9. The molecular weight excluding hydrogens is 145 g/mol. The minimum Gasteiger partial charge on any atom is -0.471 e. The van der Waals surface area contributed by atoms with Gasteiger partial charge in [-0.2, -0.15) is 0 Å². The molecule has 0 saturated carbocycles. The quantitative estimate of drug-likeness (QED) is 0.551. The molecule has 2 rings (SSSR count). The highest BCUT2D eigenvalue weighted by molar-refractivity contribution is 5.84. The Morgan fingerprint density at radius 3 is 3.27 bits per heavy atom. The summed E-state index contributed by atoms with van der Waals surface area (Å²) in [5, 5.41) is 0. The van der Waals surface area contributed by atoms with Gasteiger partial charge in [-0.3, -0.25) is 4.99 Å². The fourth-order valence-electron chi connectivity index (χ4n) is 0.994. The van der Waals surface area contributed by atoms with Gasteiger partial charge >= 0.3 is 0 Å². The van der Waals surface area contributed by atoms with Crippen LogP contribution in [-0.4, -0.2) is 12.9 Å². The van der Waals surface area contributed by atoms with E-state index in [1.807, 2.05) is 0 Å². The molecule has 0 aromatic heterocycles. The molecule has 2 nitrogen and oxygen atoms in total. The van der Waals surface area contributed by atoms with E-state index >= 15 is 0 Å². The van der Waals surface area contributed by atoms with E-state index in [1.165, 1.54) is 12.1 Å². The van der Waals surface area contributed by atoms with Gasteiger partial charge in [0.2, 0.25) is 0 Å². The Hall–Kier alpha value is -1.38. The SMILES string of the molecule is Fc1ccc2c(c1)C=NCO2. The molecule has 3 heteroatoms. The summed E-state index contributed by atoms with van der Waals surface area (Å²) in [6.45, 7) is 0.332. The van der Waals surface area contributed by atoms with Crippen LogP contribution < -0.4 is 4.74 Å². The minimum atomic E-state index is -0.263. The summed E-state index contributed by atoms with van der Waals surface area (Å²) in [7, 11) is 0. The Morgan fingerprint density at radius 2 is 2.36 bits per heavy atom. The molecule has 1 aromatic carbocycles. The van der Waals surface area contributed by atoms with Gasteiger partial charge in [0.25, 0.3) is 0 Å². The first-order valence-electron chi connectivity index (χ1n) is 3.28. The zero-order valence-electron chi connectivity index (χ0n) is 5.75. The lowest BCUT2D eigenvalue weighted by Gasteiger charge is -2.10. The van der Waals surface area contributed by atoms with Crippen LogP contribution in [0, 0.1) is 5.82 Å². The van der Waals surface area contributed by atoms with E-state index in [4.69, 9.17) is 4.74 Å². The highest BCUT2D eigenvalue weighted by Gasteiger charge is 2.05. The van der Waals surface area contributed by atoms with Crippen molar-refractivity contribution in [1.29, 1.82) is 0 Å². The van der Waals surface area contributed by atoms with E-state index in [9.17, 15) is 4.39 Å². The number of ether oxygens (including phenoxy) is 1. The molecule has 11 heavy (non-hydrogen) atoms. The highest BCUT2D eigenvalue weighted by atomic mass is 19.1.